The van der Waals surface area contributed by atoms with E-state index >= 15 is 0 Å². The first-order valence-corrected chi connectivity index (χ1v) is 7.81. The van der Waals surface area contributed by atoms with E-state index in [9.17, 15) is 4.39 Å². The minimum absolute atomic E-state index is 0.158. The minimum Gasteiger partial charge on any atom is -0.346 e. The standard InChI is InChI=1S/C17H23FN2/c18-15-8-7-14-9-11-20(17(14)13-15)12-10-19-16-5-3-1-2-4-6-16/h7-9,11,13,16,19H,1-6,10,12H2. The first kappa shape index (κ1) is 13.6. The number of nitrogens with zero attached hydrogens (tertiary/aromatic N) is 1. The van der Waals surface area contributed by atoms with Gasteiger partial charge in [0.2, 0.25) is 0 Å². The van der Waals surface area contributed by atoms with Crippen LogP contribution in [0.5, 0.6) is 0 Å². The van der Waals surface area contributed by atoms with Gasteiger partial charge in [-0.2, -0.15) is 0 Å². The number of aromatic nitrogens is 1. The molecule has 20 heavy (non-hydrogen) atoms. The molecule has 1 heterocycles. The molecule has 1 aliphatic carbocycles. The van der Waals surface area contributed by atoms with Gasteiger partial charge >= 0.3 is 0 Å². The molecule has 0 unspecified atom stereocenters. The van der Waals surface area contributed by atoms with Gasteiger partial charge in [0, 0.05) is 25.3 Å². The van der Waals surface area contributed by atoms with Gasteiger partial charge < -0.3 is 9.88 Å². The zero-order chi connectivity index (χ0) is 13.8. The molecule has 1 N–H and O–H groups in total. The van der Waals surface area contributed by atoms with Crippen LogP contribution in [0.15, 0.2) is 30.5 Å². The molecule has 0 atom stereocenters. The molecule has 1 aromatic carbocycles. The molecular weight excluding hydrogens is 251 g/mol. The van der Waals surface area contributed by atoms with Crippen molar-refractivity contribution >= 4 is 10.9 Å². The van der Waals surface area contributed by atoms with Gasteiger partial charge in [-0.1, -0.05) is 25.7 Å². The molecule has 0 saturated heterocycles. The predicted molar refractivity (Wildman–Crippen MR) is 81.4 cm³/mol. The molecule has 1 fully saturated rings. The first-order chi connectivity index (χ1) is 9.83. The third-order valence-electron chi connectivity index (χ3n) is 4.38. The van der Waals surface area contributed by atoms with E-state index < -0.39 is 0 Å². The van der Waals surface area contributed by atoms with Crippen LogP contribution in [0.4, 0.5) is 4.39 Å². The summed E-state index contributed by atoms with van der Waals surface area (Å²) in [6.07, 6.45) is 10.2. The van der Waals surface area contributed by atoms with E-state index in [0.717, 1.165) is 24.0 Å². The Morgan fingerprint density at radius 2 is 1.90 bits per heavy atom. The second-order valence-electron chi connectivity index (χ2n) is 5.85. The Morgan fingerprint density at radius 3 is 2.70 bits per heavy atom. The van der Waals surface area contributed by atoms with Crippen LogP contribution in [-0.2, 0) is 6.54 Å². The molecule has 3 rings (SSSR count). The third-order valence-corrected chi connectivity index (χ3v) is 4.38. The number of fused-ring (bicyclic) bond motifs is 1. The van der Waals surface area contributed by atoms with Crippen LogP contribution in [0.3, 0.4) is 0 Å². The minimum atomic E-state index is -0.158. The summed E-state index contributed by atoms with van der Waals surface area (Å²) in [5, 5.41) is 4.78. The summed E-state index contributed by atoms with van der Waals surface area (Å²) in [6, 6.07) is 7.73. The molecule has 0 amide bonds. The maximum Gasteiger partial charge on any atom is 0.125 e. The third kappa shape index (κ3) is 3.21. The Balaban J connectivity index is 1.58. The highest BCUT2D eigenvalue weighted by atomic mass is 19.1. The fourth-order valence-corrected chi connectivity index (χ4v) is 3.22. The van der Waals surface area contributed by atoms with E-state index in [1.165, 1.54) is 44.6 Å². The number of nitrogens with one attached hydrogen (secondary N) is 1. The van der Waals surface area contributed by atoms with Gasteiger partial charge in [-0.05, 0) is 42.5 Å². The molecule has 0 radical (unpaired) electrons. The van der Waals surface area contributed by atoms with Crippen molar-refractivity contribution in [1.29, 1.82) is 0 Å². The monoisotopic (exact) mass is 274 g/mol. The Kier molecular flexibility index (Phi) is 4.36. The van der Waals surface area contributed by atoms with E-state index in [-0.39, 0.29) is 5.82 Å². The highest BCUT2D eigenvalue weighted by Gasteiger charge is 2.11. The number of hydrogen-bond donors (Lipinski definition) is 1. The van der Waals surface area contributed by atoms with Crippen LogP contribution in [0.2, 0.25) is 0 Å². The molecule has 108 valence electrons. The van der Waals surface area contributed by atoms with Gasteiger partial charge in [0.1, 0.15) is 5.82 Å². The normalized spacial score (nSPS) is 17.4. The summed E-state index contributed by atoms with van der Waals surface area (Å²) in [5.74, 6) is -0.158. The van der Waals surface area contributed by atoms with Crippen LogP contribution in [-0.4, -0.2) is 17.2 Å². The molecule has 0 aliphatic heterocycles. The average molecular weight is 274 g/mol. The fraction of sp³-hybridized carbons (Fsp3) is 0.529. The van der Waals surface area contributed by atoms with Gasteiger partial charge in [0.15, 0.2) is 0 Å². The van der Waals surface area contributed by atoms with Crippen molar-refractivity contribution in [2.24, 2.45) is 0 Å². The second kappa shape index (κ2) is 6.40. The van der Waals surface area contributed by atoms with Crippen LogP contribution in [0.1, 0.15) is 38.5 Å². The summed E-state index contributed by atoms with van der Waals surface area (Å²) in [4.78, 5) is 0. The average Bonchev–Trinajstić information content (AvgIpc) is 2.68. The summed E-state index contributed by atoms with van der Waals surface area (Å²) < 4.78 is 15.5. The highest BCUT2D eigenvalue weighted by Crippen LogP contribution is 2.18. The lowest BCUT2D eigenvalue weighted by molar-refractivity contribution is 0.447. The quantitative estimate of drug-likeness (QED) is 0.831. The van der Waals surface area contributed by atoms with Crippen molar-refractivity contribution in [1.82, 2.24) is 9.88 Å². The molecule has 1 aliphatic rings. The van der Waals surface area contributed by atoms with Gasteiger partial charge in [-0.3, -0.25) is 0 Å². The molecular formula is C17H23FN2. The molecule has 3 heteroatoms. The lowest BCUT2D eigenvalue weighted by atomic mass is 10.1. The van der Waals surface area contributed by atoms with E-state index in [1.54, 1.807) is 6.07 Å². The summed E-state index contributed by atoms with van der Waals surface area (Å²) >= 11 is 0. The molecule has 2 nitrogen and oxygen atoms in total. The summed E-state index contributed by atoms with van der Waals surface area (Å²) in [5.41, 5.74) is 0.993. The predicted octanol–water partition coefficient (Wildman–Crippen LogP) is 4.09. The number of rotatable bonds is 4. The molecule has 0 bridgehead atoms. The zero-order valence-corrected chi connectivity index (χ0v) is 11.9. The molecule has 1 saturated carbocycles. The summed E-state index contributed by atoms with van der Waals surface area (Å²) in [6.45, 7) is 1.87. The Bertz CT molecular complexity index is 553. The topological polar surface area (TPSA) is 17.0 Å². The highest BCUT2D eigenvalue weighted by molar-refractivity contribution is 5.80. The van der Waals surface area contributed by atoms with Gasteiger partial charge in [0.05, 0.1) is 5.52 Å². The van der Waals surface area contributed by atoms with Crippen molar-refractivity contribution < 1.29 is 4.39 Å². The van der Waals surface area contributed by atoms with Crippen molar-refractivity contribution in [3.8, 4) is 0 Å². The maximum absolute atomic E-state index is 13.3. The lowest BCUT2D eigenvalue weighted by Gasteiger charge is -2.16. The molecule has 2 aromatic rings. The van der Waals surface area contributed by atoms with Crippen LogP contribution in [0, 0.1) is 5.82 Å². The Morgan fingerprint density at radius 1 is 1.10 bits per heavy atom. The van der Waals surface area contributed by atoms with Crippen molar-refractivity contribution in [2.45, 2.75) is 51.1 Å². The second-order valence-corrected chi connectivity index (χ2v) is 5.85. The largest absolute Gasteiger partial charge is 0.346 e. The van der Waals surface area contributed by atoms with Crippen LogP contribution < -0.4 is 5.32 Å². The smallest absolute Gasteiger partial charge is 0.125 e. The van der Waals surface area contributed by atoms with E-state index in [2.05, 4.69) is 22.1 Å². The SMILES string of the molecule is Fc1ccc2ccn(CCNC3CCCCCC3)c2c1. The van der Waals surface area contributed by atoms with Crippen molar-refractivity contribution in [3.05, 3.63) is 36.3 Å². The van der Waals surface area contributed by atoms with Gasteiger partial charge in [-0.15, -0.1) is 0 Å². The van der Waals surface area contributed by atoms with Crippen molar-refractivity contribution in [2.75, 3.05) is 6.54 Å². The van der Waals surface area contributed by atoms with E-state index in [4.69, 9.17) is 0 Å². The Labute approximate surface area is 120 Å². The molecule has 0 spiro atoms. The summed E-state index contributed by atoms with van der Waals surface area (Å²) in [7, 11) is 0. The van der Waals surface area contributed by atoms with E-state index in [0.29, 0.717) is 6.04 Å². The van der Waals surface area contributed by atoms with Gasteiger partial charge in [-0.25, -0.2) is 4.39 Å². The zero-order valence-electron chi connectivity index (χ0n) is 11.9. The maximum atomic E-state index is 13.3. The van der Waals surface area contributed by atoms with Crippen molar-refractivity contribution in [3.63, 3.8) is 0 Å². The van der Waals surface area contributed by atoms with Crippen LogP contribution >= 0.6 is 0 Å². The number of hydrogen-bond acceptors (Lipinski definition) is 1. The first-order valence-electron chi connectivity index (χ1n) is 7.81. The Hall–Kier alpha value is -1.35. The van der Waals surface area contributed by atoms with Gasteiger partial charge in [0.25, 0.3) is 0 Å². The lowest BCUT2D eigenvalue weighted by Crippen LogP contribution is -2.31. The number of halogens is 1. The van der Waals surface area contributed by atoms with E-state index in [1.807, 2.05) is 6.07 Å². The number of benzene rings is 1. The molecule has 1 aromatic heterocycles. The van der Waals surface area contributed by atoms with Crippen LogP contribution in [0.25, 0.3) is 10.9 Å². The fourth-order valence-electron chi connectivity index (χ4n) is 3.22.